The summed E-state index contributed by atoms with van der Waals surface area (Å²) >= 11 is 0. The van der Waals surface area contributed by atoms with E-state index in [1.165, 1.54) is 20.8 Å². The molecule has 0 N–H and O–H groups in total. The lowest BCUT2D eigenvalue weighted by molar-refractivity contribution is -0.221. The average molecular weight is 578 g/mol. The quantitative estimate of drug-likeness (QED) is 0.265. The monoisotopic (exact) mass is 577 g/mol. The molecule has 1 aliphatic heterocycles. The van der Waals surface area contributed by atoms with E-state index in [1.807, 2.05) is 0 Å². The topological polar surface area (TPSA) is 63.7 Å². The summed E-state index contributed by atoms with van der Waals surface area (Å²) in [5, 5.41) is 0. The summed E-state index contributed by atoms with van der Waals surface area (Å²) in [5.74, 6) is -1.34. The molecule has 0 saturated heterocycles. The van der Waals surface area contributed by atoms with Crippen molar-refractivity contribution in [1.82, 2.24) is 4.31 Å². The first-order valence-electron chi connectivity index (χ1n) is 12.0. The molecule has 1 unspecified atom stereocenters. The lowest BCUT2D eigenvalue weighted by Gasteiger charge is -2.48. The summed E-state index contributed by atoms with van der Waals surface area (Å²) in [7, 11) is -4.86. The molecular formula is C27H29F6NO4S. The van der Waals surface area contributed by atoms with Crippen LogP contribution in [0.1, 0.15) is 56.7 Å². The molecule has 2 aromatic rings. The summed E-state index contributed by atoms with van der Waals surface area (Å²) < 4.78 is 113. The summed E-state index contributed by atoms with van der Waals surface area (Å²) in [4.78, 5) is 13.4. The molecule has 0 bridgehead atoms. The van der Waals surface area contributed by atoms with Crippen LogP contribution in [0, 0.1) is 6.92 Å². The van der Waals surface area contributed by atoms with E-state index >= 15 is 13.2 Å². The van der Waals surface area contributed by atoms with Crippen molar-refractivity contribution in [3.63, 3.8) is 0 Å². The van der Waals surface area contributed by atoms with Gasteiger partial charge in [0.15, 0.2) is 5.54 Å². The lowest BCUT2D eigenvalue weighted by Crippen LogP contribution is -2.64. The van der Waals surface area contributed by atoms with Crippen molar-refractivity contribution in [2.45, 2.75) is 69.6 Å². The van der Waals surface area contributed by atoms with Crippen molar-refractivity contribution in [3.8, 4) is 5.75 Å². The van der Waals surface area contributed by atoms with Gasteiger partial charge in [0.2, 0.25) is 10.0 Å². The molecule has 0 spiro atoms. The van der Waals surface area contributed by atoms with E-state index in [1.54, 1.807) is 31.2 Å². The molecule has 39 heavy (non-hydrogen) atoms. The lowest BCUT2D eigenvalue weighted by atomic mass is 9.78. The Morgan fingerprint density at radius 3 is 1.97 bits per heavy atom. The molecule has 0 aliphatic carbocycles. The highest BCUT2D eigenvalue weighted by molar-refractivity contribution is 7.91. The standard InChI is InChI=1S/C27H29F6NO4S/c1-18-6-8-19(9-7-18)20-16-23(35)34(39(36,37)24(2,3)4)25(17-20,27(31,32)33)21-10-12-22(13-11-21)38-15-5-14-26(28,29)30/h6-13,16H,5,14-15,17H2,1-4H3. The number of aryl methyl sites for hydroxylation is 1. The molecule has 1 heterocycles. The molecule has 5 nitrogen and oxygen atoms in total. The van der Waals surface area contributed by atoms with Crippen molar-refractivity contribution in [2.24, 2.45) is 0 Å². The van der Waals surface area contributed by atoms with Crippen LogP contribution in [0.4, 0.5) is 26.3 Å². The number of carbonyl (C=O) groups excluding carboxylic acids is 1. The second kappa shape index (κ2) is 10.5. The Bertz CT molecular complexity index is 1320. The predicted octanol–water partition coefficient (Wildman–Crippen LogP) is 6.92. The SMILES string of the molecule is Cc1ccc(C2=CC(=O)N(S(=O)(=O)C(C)(C)C)C(c3ccc(OCCCC(F)(F)F)cc3)(C(F)(F)F)C2)cc1. The van der Waals surface area contributed by atoms with Crippen molar-refractivity contribution in [1.29, 1.82) is 0 Å². The van der Waals surface area contributed by atoms with Gasteiger partial charge in [-0.1, -0.05) is 42.0 Å². The number of benzene rings is 2. The van der Waals surface area contributed by atoms with Gasteiger partial charge in [-0.15, -0.1) is 0 Å². The zero-order valence-electron chi connectivity index (χ0n) is 21.8. The molecule has 1 amide bonds. The molecule has 0 radical (unpaired) electrons. The summed E-state index contributed by atoms with van der Waals surface area (Å²) in [6, 6.07) is 10.7. The number of halogens is 6. The molecule has 0 saturated carbocycles. The van der Waals surface area contributed by atoms with Gasteiger partial charge < -0.3 is 4.74 Å². The molecule has 2 aromatic carbocycles. The third kappa shape index (κ3) is 6.26. The number of hydrogen-bond donors (Lipinski definition) is 0. The third-order valence-corrected chi connectivity index (χ3v) is 8.92. The van der Waals surface area contributed by atoms with Gasteiger partial charge in [0.05, 0.1) is 11.4 Å². The Labute approximate surface area is 223 Å². The first-order valence-corrected chi connectivity index (χ1v) is 13.5. The molecule has 3 rings (SSSR count). The van der Waals surface area contributed by atoms with E-state index in [9.17, 15) is 26.4 Å². The van der Waals surface area contributed by atoms with Gasteiger partial charge in [-0.2, -0.15) is 26.3 Å². The second-order valence-electron chi connectivity index (χ2n) is 10.4. The highest BCUT2D eigenvalue weighted by atomic mass is 32.2. The van der Waals surface area contributed by atoms with E-state index in [4.69, 9.17) is 4.74 Å². The van der Waals surface area contributed by atoms with Crippen molar-refractivity contribution >= 4 is 21.5 Å². The minimum atomic E-state index is -5.25. The summed E-state index contributed by atoms with van der Waals surface area (Å²) in [5.41, 5.74) is -2.65. The van der Waals surface area contributed by atoms with E-state index < -0.39 is 57.0 Å². The van der Waals surface area contributed by atoms with Gasteiger partial charge in [0.1, 0.15) is 5.75 Å². The van der Waals surface area contributed by atoms with Gasteiger partial charge >= 0.3 is 12.4 Å². The summed E-state index contributed by atoms with van der Waals surface area (Å²) in [6.45, 7) is 5.07. The van der Waals surface area contributed by atoms with Gasteiger partial charge in [-0.25, -0.2) is 12.7 Å². The van der Waals surface area contributed by atoms with Crippen LogP contribution in [0.2, 0.25) is 0 Å². The van der Waals surface area contributed by atoms with Gasteiger partial charge in [0.25, 0.3) is 5.91 Å². The van der Waals surface area contributed by atoms with E-state index in [0.29, 0.717) is 5.56 Å². The number of hydrogen-bond acceptors (Lipinski definition) is 4. The normalized spacial score (nSPS) is 19.2. The van der Waals surface area contributed by atoms with Crippen LogP contribution in [0.5, 0.6) is 5.75 Å². The van der Waals surface area contributed by atoms with E-state index in [-0.39, 0.29) is 28.7 Å². The third-order valence-electron chi connectivity index (χ3n) is 6.40. The van der Waals surface area contributed by atoms with Crippen LogP contribution >= 0.6 is 0 Å². The molecule has 214 valence electrons. The zero-order valence-corrected chi connectivity index (χ0v) is 22.6. The van der Waals surface area contributed by atoms with Crippen molar-refractivity contribution in [2.75, 3.05) is 6.61 Å². The minimum absolute atomic E-state index is 0.0000800. The predicted molar refractivity (Wildman–Crippen MR) is 134 cm³/mol. The van der Waals surface area contributed by atoms with Crippen LogP contribution in [0.3, 0.4) is 0 Å². The Balaban J connectivity index is 2.15. The first kappa shape index (κ1) is 30.5. The Morgan fingerprint density at radius 2 is 1.49 bits per heavy atom. The van der Waals surface area contributed by atoms with Crippen LogP contribution in [-0.4, -0.2) is 42.3 Å². The van der Waals surface area contributed by atoms with Crippen molar-refractivity contribution < 1.29 is 44.3 Å². The second-order valence-corrected chi connectivity index (χ2v) is 12.9. The van der Waals surface area contributed by atoms with E-state index in [0.717, 1.165) is 35.9 Å². The first-order chi connectivity index (χ1) is 17.8. The maximum absolute atomic E-state index is 15.2. The number of amides is 1. The van der Waals surface area contributed by atoms with Gasteiger partial charge in [-0.05, 0) is 62.9 Å². The number of sulfonamides is 1. The molecule has 0 aromatic heterocycles. The maximum atomic E-state index is 15.2. The molecular weight excluding hydrogens is 548 g/mol. The molecule has 1 aliphatic rings. The fraction of sp³-hybridized carbons (Fsp3) is 0.444. The Kier molecular flexibility index (Phi) is 8.23. The smallest absolute Gasteiger partial charge is 0.417 e. The Morgan fingerprint density at radius 1 is 0.923 bits per heavy atom. The highest BCUT2D eigenvalue weighted by Crippen LogP contribution is 2.54. The number of alkyl halides is 6. The number of carbonyl (C=O) groups is 1. The average Bonchev–Trinajstić information content (AvgIpc) is 2.80. The van der Waals surface area contributed by atoms with Crippen LogP contribution in [-0.2, 0) is 20.4 Å². The van der Waals surface area contributed by atoms with Crippen LogP contribution in [0.25, 0.3) is 5.57 Å². The molecule has 1 atom stereocenters. The Hall–Kier alpha value is -3.02. The summed E-state index contributed by atoms with van der Waals surface area (Å²) in [6.07, 6.45) is -11.0. The number of nitrogens with zero attached hydrogens (tertiary/aromatic N) is 1. The molecule has 0 fully saturated rings. The maximum Gasteiger partial charge on any atom is 0.417 e. The zero-order chi connectivity index (χ0) is 29.4. The van der Waals surface area contributed by atoms with Gasteiger partial charge in [0, 0.05) is 18.9 Å². The van der Waals surface area contributed by atoms with E-state index in [2.05, 4.69) is 0 Å². The molecule has 12 heteroatoms. The highest BCUT2D eigenvalue weighted by Gasteiger charge is 2.67. The largest absolute Gasteiger partial charge is 0.494 e. The fourth-order valence-electron chi connectivity index (χ4n) is 4.23. The fourth-order valence-corrected chi connectivity index (χ4v) is 5.75. The van der Waals surface area contributed by atoms with Crippen LogP contribution < -0.4 is 4.74 Å². The van der Waals surface area contributed by atoms with Crippen LogP contribution in [0.15, 0.2) is 54.6 Å². The minimum Gasteiger partial charge on any atom is -0.494 e. The number of ether oxygens (including phenoxy) is 1. The van der Waals surface area contributed by atoms with Crippen molar-refractivity contribution in [3.05, 3.63) is 71.3 Å². The van der Waals surface area contributed by atoms with Gasteiger partial charge in [-0.3, -0.25) is 4.79 Å². The number of rotatable bonds is 7.